The first kappa shape index (κ1) is 24.8. The summed E-state index contributed by atoms with van der Waals surface area (Å²) in [7, 11) is 0. The second-order valence-corrected chi connectivity index (χ2v) is 8.71. The van der Waals surface area contributed by atoms with E-state index in [0.717, 1.165) is 12.8 Å². The molecule has 0 unspecified atom stereocenters. The number of amides is 2. The van der Waals surface area contributed by atoms with Gasteiger partial charge in [-0.15, -0.1) is 0 Å². The maximum Gasteiger partial charge on any atom is 0.257 e. The zero-order chi connectivity index (χ0) is 22.8. The summed E-state index contributed by atoms with van der Waals surface area (Å²) in [5.41, 5.74) is 1.58. The van der Waals surface area contributed by atoms with Crippen molar-refractivity contribution in [2.75, 3.05) is 18.5 Å². The Morgan fingerprint density at radius 2 is 1.84 bits per heavy atom. The number of nitrogens with one attached hydrogen (secondary N) is 3. The van der Waals surface area contributed by atoms with Gasteiger partial charge in [0.05, 0.1) is 11.1 Å². The van der Waals surface area contributed by atoms with Gasteiger partial charge in [-0.1, -0.05) is 33.3 Å². The lowest BCUT2D eigenvalue weighted by Crippen LogP contribution is -2.34. The van der Waals surface area contributed by atoms with Crippen LogP contribution in [0.5, 0.6) is 5.75 Å². The minimum atomic E-state index is -0.345. The molecule has 2 aromatic carbocycles. The lowest BCUT2D eigenvalue weighted by atomic mass is 10.2. The minimum Gasteiger partial charge on any atom is -0.492 e. The number of rotatable bonds is 9. The second-order valence-electron chi connectivity index (χ2n) is 7.45. The minimum absolute atomic E-state index is 0.142. The molecule has 0 aromatic heterocycles. The quantitative estimate of drug-likeness (QED) is 0.324. The van der Waals surface area contributed by atoms with Crippen LogP contribution in [-0.2, 0) is 0 Å². The zero-order valence-corrected chi connectivity index (χ0v) is 20.4. The molecule has 0 saturated heterocycles. The van der Waals surface area contributed by atoms with Crippen molar-refractivity contribution in [3.05, 3.63) is 58.1 Å². The van der Waals surface area contributed by atoms with Crippen LogP contribution in [0.2, 0.25) is 0 Å². The van der Waals surface area contributed by atoms with E-state index in [2.05, 4.69) is 52.7 Å². The van der Waals surface area contributed by atoms with Crippen molar-refractivity contribution >= 4 is 50.8 Å². The predicted octanol–water partition coefficient (Wildman–Crippen LogP) is 5.14. The molecule has 0 spiro atoms. The Hall–Kier alpha value is -2.45. The second kappa shape index (κ2) is 12.4. The number of carbonyl (C=O) groups excluding carboxylic acids is 2. The lowest BCUT2D eigenvalue weighted by molar-refractivity contribution is 0.0950. The molecule has 0 saturated carbocycles. The van der Waals surface area contributed by atoms with E-state index < -0.39 is 0 Å². The van der Waals surface area contributed by atoms with Crippen molar-refractivity contribution in [1.82, 2.24) is 10.6 Å². The molecular weight excluding hydrogens is 478 g/mol. The van der Waals surface area contributed by atoms with E-state index in [1.165, 1.54) is 0 Å². The molecule has 6 nitrogen and oxygen atoms in total. The molecule has 0 heterocycles. The number of carbonyl (C=O) groups is 2. The first-order valence-corrected chi connectivity index (χ1v) is 11.4. The molecule has 0 atom stereocenters. The van der Waals surface area contributed by atoms with Crippen molar-refractivity contribution in [2.24, 2.45) is 5.92 Å². The van der Waals surface area contributed by atoms with Gasteiger partial charge in [-0.3, -0.25) is 14.9 Å². The molecule has 0 bridgehead atoms. The van der Waals surface area contributed by atoms with Crippen LogP contribution in [0.15, 0.2) is 46.9 Å². The van der Waals surface area contributed by atoms with Crippen LogP contribution >= 0.6 is 28.1 Å². The van der Waals surface area contributed by atoms with Crippen molar-refractivity contribution in [2.45, 2.75) is 33.6 Å². The van der Waals surface area contributed by atoms with Gasteiger partial charge in [-0.2, -0.15) is 0 Å². The zero-order valence-electron chi connectivity index (χ0n) is 18.0. The van der Waals surface area contributed by atoms with Crippen LogP contribution in [0.25, 0.3) is 0 Å². The van der Waals surface area contributed by atoms with Crippen molar-refractivity contribution in [3.8, 4) is 5.75 Å². The summed E-state index contributed by atoms with van der Waals surface area (Å²) in [6.07, 6.45) is 1.95. The molecule has 0 aliphatic carbocycles. The fourth-order valence-corrected chi connectivity index (χ4v) is 3.28. The Morgan fingerprint density at radius 1 is 1.10 bits per heavy atom. The smallest absolute Gasteiger partial charge is 0.257 e. The van der Waals surface area contributed by atoms with E-state index >= 15 is 0 Å². The van der Waals surface area contributed by atoms with E-state index in [4.69, 9.17) is 17.0 Å². The first-order valence-electron chi connectivity index (χ1n) is 10.2. The molecule has 2 aromatic rings. The summed E-state index contributed by atoms with van der Waals surface area (Å²) < 4.78 is 6.40. The highest BCUT2D eigenvalue weighted by Crippen LogP contribution is 2.26. The molecule has 0 aliphatic heterocycles. The topological polar surface area (TPSA) is 79.5 Å². The van der Waals surface area contributed by atoms with Crippen LogP contribution in [0.1, 0.15) is 54.3 Å². The van der Waals surface area contributed by atoms with Crippen LogP contribution in [0.3, 0.4) is 0 Å². The van der Waals surface area contributed by atoms with Crippen LogP contribution in [0, 0.1) is 5.92 Å². The predicted molar refractivity (Wildman–Crippen MR) is 132 cm³/mol. The van der Waals surface area contributed by atoms with Gasteiger partial charge in [0.1, 0.15) is 5.75 Å². The molecule has 31 heavy (non-hydrogen) atoms. The number of unbranched alkanes of at least 4 members (excludes halogenated alkanes) is 1. The summed E-state index contributed by atoms with van der Waals surface area (Å²) in [6, 6.07) is 12.1. The highest BCUT2D eigenvalue weighted by atomic mass is 79.9. The summed E-state index contributed by atoms with van der Waals surface area (Å²) in [5, 5.41) is 8.62. The molecule has 166 valence electrons. The van der Waals surface area contributed by atoms with Gasteiger partial charge in [-0.25, -0.2) is 0 Å². The molecule has 8 heteroatoms. The largest absolute Gasteiger partial charge is 0.492 e. The summed E-state index contributed by atoms with van der Waals surface area (Å²) in [6.45, 7) is 7.43. The standard InChI is InChI=1S/C23H28BrN3O3S/c1-4-5-11-25-21(28)16-7-6-8-18(12-16)26-23(31)27-22(29)17-9-10-20(19(24)13-17)30-14-15(2)3/h6-10,12-13,15H,4-5,11,14H2,1-3H3,(H,25,28)(H2,26,27,29,31). The maximum absolute atomic E-state index is 12.5. The van der Waals surface area contributed by atoms with Gasteiger partial charge in [0, 0.05) is 23.4 Å². The fourth-order valence-electron chi connectivity index (χ4n) is 2.57. The van der Waals surface area contributed by atoms with E-state index in [1.807, 2.05) is 0 Å². The first-order chi connectivity index (χ1) is 14.8. The number of hydrogen-bond acceptors (Lipinski definition) is 4. The maximum atomic E-state index is 12.5. The van der Waals surface area contributed by atoms with Gasteiger partial charge in [-0.05, 0) is 76.9 Å². The summed E-state index contributed by atoms with van der Waals surface area (Å²) in [5.74, 6) is 0.595. The Kier molecular flexibility index (Phi) is 9.94. The van der Waals surface area contributed by atoms with E-state index in [9.17, 15) is 9.59 Å². The monoisotopic (exact) mass is 505 g/mol. The number of hydrogen-bond donors (Lipinski definition) is 3. The highest BCUT2D eigenvalue weighted by molar-refractivity contribution is 9.10. The Labute approximate surface area is 197 Å². The third kappa shape index (κ3) is 8.30. The Balaban J connectivity index is 1.95. The summed E-state index contributed by atoms with van der Waals surface area (Å²) >= 11 is 8.69. The summed E-state index contributed by atoms with van der Waals surface area (Å²) in [4.78, 5) is 24.7. The van der Waals surface area contributed by atoms with Crippen molar-refractivity contribution < 1.29 is 14.3 Å². The van der Waals surface area contributed by atoms with E-state index in [1.54, 1.807) is 42.5 Å². The van der Waals surface area contributed by atoms with Crippen LogP contribution in [-0.4, -0.2) is 30.1 Å². The number of benzene rings is 2. The van der Waals surface area contributed by atoms with Crippen LogP contribution < -0.4 is 20.7 Å². The van der Waals surface area contributed by atoms with Gasteiger partial charge in [0.15, 0.2) is 5.11 Å². The molecule has 0 radical (unpaired) electrons. The Bertz CT molecular complexity index is 934. The third-order valence-corrected chi connectivity index (χ3v) is 5.02. The average Bonchev–Trinajstić information content (AvgIpc) is 2.72. The van der Waals surface area contributed by atoms with Crippen molar-refractivity contribution in [1.29, 1.82) is 0 Å². The third-order valence-electron chi connectivity index (χ3n) is 4.19. The molecule has 0 aliphatic rings. The van der Waals surface area contributed by atoms with Gasteiger partial charge >= 0.3 is 0 Å². The van der Waals surface area contributed by atoms with Gasteiger partial charge < -0.3 is 15.4 Å². The molecule has 3 N–H and O–H groups in total. The normalized spacial score (nSPS) is 10.5. The molecule has 0 fully saturated rings. The number of anilines is 1. The van der Waals surface area contributed by atoms with Crippen LogP contribution in [0.4, 0.5) is 5.69 Å². The molecule has 2 amide bonds. The number of ether oxygens (including phenoxy) is 1. The molecule has 2 rings (SSSR count). The Morgan fingerprint density at radius 3 is 2.52 bits per heavy atom. The van der Waals surface area contributed by atoms with Gasteiger partial charge in [0.2, 0.25) is 0 Å². The number of thiocarbonyl (C=S) groups is 1. The van der Waals surface area contributed by atoms with Crippen molar-refractivity contribution in [3.63, 3.8) is 0 Å². The highest BCUT2D eigenvalue weighted by Gasteiger charge is 2.12. The van der Waals surface area contributed by atoms with E-state index in [0.29, 0.717) is 46.1 Å². The lowest BCUT2D eigenvalue weighted by Gasteiger charge is -2.13. The fraction of sp³-hybridized carbons (Fsp3) is 0.348. The van der Waals surface area contributed by atoms with E-state index in [-0.39, 0.29) is 16.9 Å². The molecular formula is C23H28BrN3O3S. The SMILES string of the molecule is CCCCNC(=O)c1cccc(NC(=S)NC(=O)c2ccc(OCC(C)C)c(Br)c2)c1. The average molecular weight is 506 g/mol. The number of halogens is 1. The van der Waals surface area contributed by atoms with Gasteiger partial charge in [0.25, 0.3) is 11.8 Å².